The molecule has 1 rings (SSSR count). The van der Waals surface area contributed by atoms with Crippen molar-refractivity contribution < 1.29 is 0 Å². The lowest BCUT2D eigenvalue weighted by Gasteiger charge is -2.27. The van der Waals surface area contributed by atoms with E-state index in [0.29, 0.717) is 0 Å². The van der Waals surface area contributed by atoms with E-state index < -0.39 is 0 Å². The lowest BCUT2D eigenvalue weighted by Crippen LogP contribution is -2.27. The van der Waals surface area contributed by atoms with E-state index in [2.05, 4.69) is 36.4 Å². The first-order valence-corrected chi connectivity index (χ1v) is 5.91. The molecule has 0 amide bonds. The number of rotatable bonds is 4. The van der Waals surface area contributed by atoms with E-state index in [0.717, 1.165) is 25.3 Å². The number of hydrogen-bond acceptors (Lipinski definition) is 2. The minimum Gasteiger partial charge on any atom is -0.357 e. The lowest BCUT2D eigenvalue weighted by molar-refractivity contribution is 0.284. The first-order chi connectivity index (χ1) is 7.27. The molecule has 0 aromatic rings. The molecule has 0 spiro atoms. The number of aliphatic imine (C=N–C) groups is 1. The molecule has 84 valence electrons. The molecule has 0 aromatic heterocycles. The fraction of sp³-hybridized carbons (Fsp3) is 0.615. The first kappa shape index (κ1) is 12.0. The van der Waals surface area contributed by atoms with Crippen LogP contribution in [0, 0.1) is 0 Å². The van der Waals surface area contributed by atoms with Gasteiger partial charge in [0.25, 0.3) is 0 Å². The highest BCUT2D eigenvalue weighted by Gasteiger charge is 2.10. The van der Waals surface area contributed by atoms with Crippen molar-refractivity contribution in [1.82, 2.24) is 4.90 Å². The monoisotopic (exact) mass is 206 g/mol. The molecule has 1 saturated heterocycles. The van der Waals surface area contributed by atoms with Crippen LogP contribution in [-0.4, -0.2) is 24.2 Å². The van der Waals surface area contributed by atoms with E-state index in [-0.39, 0.29) is 0 Å². The van der Waals surface area contributed by atoms with Gasteiger partial charge in [-0.3, -0.25) is 0 Å². The Morgan fingerprint density at radius 2 is 2.00 bits per heavy atom. The molecule has 1 heterocycles. The topological polar surface area (TPSA) is 15.6 Å². The normalized spacial score (nSPS) is 18.5. The quantitative estimate of drug-likeness (QED) is 0.644. The SMILES string of the molecule is C=C(/N=C\C(=C/C)CC)N1CCCCC1. The van der Waals surface area contributed by atoms with Crippen LogP contribution in [0.15, 0.2) is 29.0 Å². The summed E-state index contributed by atoms with van der Waals surface area (Å²) in [6.07, 6.45) is 8.98. The van der Waals surface area contributed by atoms with Crippen molar-refractivity contribution in [3.63, 3.8) is 0 Å². The highest BCUT2D eigenvalue weighted by Crippen LogP contribution is 2.14. The predicted octanol–water partition coefficient (Wildman–Crippen LogP) is 3.37. The molecule has 1 fully saturated rings. The number of nitrogens with zero attached hydrogens (tertiary/aromatic N) is 2. The van der Waals surface area contributed by atoms with E-state index >= 15 is 0 Å². The van der Waals surface area contributed by atoms with Gasteiger partial charge >= 0.3 is 0 Å². The number of piperidine rings is 1. The van der Waals surface area contributed by atoms with Crippen LogP contribution in [0.4, 0.5) is 0 Å². The van der Waals surface area contributed by atoms with Crippen LogP contribution in [0.25, 0.3) is 0 Å². The summed E-state index contributed by atoms with van der Waals surface area (Å²) in [7, 11) is 0. The number of likely N-dealkylation sites (tertiary alicyclic amines) is 1. The summed E-state index contributed by atoms with van der Waals surface area (Å²) in [5, 5.41) is 0. The van der Waals surface area contributed by atoms with Gasteiger partial charge < -0.3 is 4.90 Å². The second-order valence-electron chi connectivity index (χ2n) is 3.94. The Morgan fingerprint density at radius 1 is 1.33 bits per heavy atom. The number of allylic oxidation sites excluding steroid dienone is 2. The molecule has 2 heteroatoms. The number of hydrogen-bond donors (Lipinski definition) is 0. The van der Waals surface area contributed by atoms with E-state index in [4.69, 9.17) is 0 Å². The van der Waals surface area contributed by atoms with Crippen LogP contribution in [0.3, 0.4) is 0 Å². The Balaban J connectivity index is 2.46. The largest absolute Gasteiger partial charge is 0.357 e. The van der Waals surface area contributed by atoms with Crippen LogP contribution in [0.2, 0.25) is 0 Å². The molecule has 1 aliphatic heterocycles. The zero-order valence-electron chi connectivity index (χ0n) is 10.00. The molecule has 0 saturated carbocycles. The van der Waals surface area contributed by atoms with Gasteiger partial charge in [-0.2, -0.15) is 0 Å². The van der Waals surface area contributed by atoms with Crippen molar-refractivity contribution in [2.24, 2.45) is 4.99 Å². The van der Waals surface area contributed by atoms with Crippen LogP contribution < -0.4 is 0 Å². The van der Waals surface area contributed by atoms with Gasteiger partial charge in [0, 0.05) is 19.3 Å². The van der Waals surface area contributed by atoms with E-state index in [1.54, 1.807) is 0 Å². The molecule has 15 heavy (non-hydrogen) atoms. The van der Waals surface area contributed by atoms with Crippen molar-refractivity contribution in [2.75, 3.05) is 13.1 Å². The van der Waals surface area contributed by atoms with Crippen LogP contribution in [0.1, 0.15) is 39.5 Å². The van der Waals surface area contributed by atoms with E-state index in [1.165, 1.54) is 24.8 Å². The van der Waals surface area contributed by atoms with E-state index in [9.17, 15) is 0 Å². The Labute approximate surface area is 93.4 Å². The fourth-order valence-electron chi connectivity index (χ4n) is 1.76. The Hall–Kier alpha value is -1.05. The summed E-state index contributed by atoms with van der Waals surface area (Å²) in [5.74, 6) is 0.919. The molecule has 0 atom stereocenters. The molecule has 0 unspecified atom stereocenters. The van der Waals surface area contributed by atoms with Crippen molar-refractivity contribution in [3.8, 4) is 0 Å². The van der Waals surface area contributed by atoms with Gasteiger partial charge in [-0.1, -0.05) is 19.6 Å². The highest BCUT2D eigenvalue weighted by molar-refractivity contribution is 5.78. The van der Waals surface area contributed by atoms with Gasteiger partial charge in [-0.15, -0.1) is 0 Å². The third-order valence-electron chi connectivity index (χ3n) is 2.88. The molecular formula is C13H22N2. The van der Waals surface area contributed by atoms with Gasteiger partial charge in [0.2, 0.25) is 0 Å². The van der Waals surface area contributed by atoms with Gasteiger partial charge in [0.05, 0.1) is 0 Å². The van der Waals surface area contributed by atoms with Gasteiger partial charge in [0.1, 0.15) is 5.82 Å². The Bertz CT molecular complexity index is 258. The molecule has 0 aliphatic carbocycles. The highest BCUT2D eigenvalue weighted by atomic mass is 15.2. The average molecular weight is 206 g/mol. The molecule has 0 N–H and O–H groups in total. The van der Waals surface area contributed by atoms with Gasteiger partial charge in [-0.05, 0) is 38.2 Å². The summed E-state index contributed by atoms with van der Waals surface area (Å²) in [6, 6.07) is 0. The Kier molecular flexibility index (Phi) is 5.16. The van der Waals surface area contributed by atoms with Crippen molar-refractivity contribution in [3.05, 3.63) is 24.0 Å². The minimum atomic E-state index is 0.919. The summed E-state index contributed by atoms with van der Waals surface area (Å²) >= 11 is 0. The maximum atomic E-state index is 4.43. The summed E-state index contributed by atoms with van der Waals surface area (Å²) in [5.41, 5.74) is 1.27. The average Bonchev–Trinajstić information content (AvgIpc) is 2.31. The lowest BCUT2D eigenvalue weighted by atomic mass is 10.1. The third kappa shape index (κ3) is 3.90. The van der Waals surface area contributed by atoms with Crippen molar-refractivity contribution in [2.45, 2.75) is 39.5 Å². The maximum Gasteiger partial charge on any atom is 0.121 e. The summed E-state index contributed by atoms with van der Waals surface area (Å²) in [4.78, 5) is 6.71. The molecule has 1 aliphatic rings. The zero-order valence-corrected chi connectivity index (χ0v) is 10.00. The van der Waals surface area contributed by atoms with Crippen molar-refractivity contribution in [1.29, 1.82) is 0 Å². The second-order valence-corrected chi connectivity index (χ2v) is 3.94. The van der Waals surface area contributed by atoms with Gasteiger partial charge in [0.15, 0.2) is 0 Å². The molecule has 0 aromatic carbocycles. The van der Waals surface area contributed by atoms with Gasteiger partial charge in [-0.25, -0.2) is 4.99 Å². The smallest absolute Gasteiger partial charge is 0.121 e. The van der Waals surface area contributed by atoms with Crippen molar-refractivity contribution >= 4 is 6.21 Å². The zero-order chi connectivity index (χ0) is 11.1. The first-order valence-electron chi connectivity index (χ1n) is 5.91. The summed E-state index contributed by atoms with van der Waals surface area (Å²) < 4.78 is 0. The predicted molar refractivity (Wildman–Crippen MR) is 67.1 cm³/mol. The van der Waals surface area contributed by atoms with Crippen LogP contribution >= 0.6 is 0 Å². The second kappa shape index (κ2) is 6.44. The maximum absolute atomic E-state index is 4.43. The van der Waals surface area contributed by atoms with Crippen LogP contribution in [0.5, 0.6) is 0 Å². The molecule has 0 radical (unpaired) electrons. The molecule has 0 bridgehead atoms. The van der Waals surface area contributed by atoms with Crippen LogP contribution in [-0.2, 0) is 0 Å². The Morgan fingerprint density at radius 3 is 2.53 bits per heavy atom. The third-order valence-corrected chi connectivity index (χ3v) is 2.88. The fourth-order valence-corrected chi connectivity index (χ4v) is 1.76. The van der Waals surface area contributed by atoms with E-state index in [1.807, 2.05) is 6.21 Å². The standard InChI is InChI=1S/C13H22N2/c1-4-13(5-2)11-14-12(3)15-9-7-6-8-10-15/h4,11H,3,5-10H2,1-2H3/b13-4-,14-11-. The summed E-state index contributed by atoms with van der Waals surface area (Å²) in [6.45, 7) is 10.5. The minimum absolute atomic E-state index is 0.919. The molecule has 2 nitrogen and oxygen atoms in total. The molecular weight excluding hydrogens is 184 g/mol.